The zero-order valence-corrected chi connectivity index (χ0v) is 18.2. The van der Waals surface area contributed by atoms with Crippen molar-refractivity contribution < 1.29 is 13.9 Å². The second-order valence-corrected chi connectivity index (χ2v) is 8.46. The van der Waals surface area contributed by atoms with E-state index in [4.69, 9.17) is 16.3 Å². The lowest BCUT2D eigenvalue weighted by molar-refractivity contribution is -0.120. The Labute approximate surface area is 185 Å². The van der Waals surface area contributed by atoms with Crippen LogP contribution in [-0.4, -0.2) is 11.2 Å². The number of carbonyl (C=O) groups excluding carboxylic acids is 1. The monoisotopic (exact) mass is 443 g/mol. The van der Waals surface area contributed by atoms with Crippen molar-refractivity contribution in [1.29, 1.82) is 0 Å². The van der Waals surface area contributed by atoms with E-state index in [1.807, 2.05) is 55.5 Å². The van der Waals surface area contributed by atoms with Crippen LogP contribution in [-0.2, 0) is 17.9 Å². The van der Waals surface area contributed by atoms with E-state index in [1.165, 1.54) is 23.9 Å². The van der Waals surface area contributed by atoms with Crippen molar-refractivity contribution >= 4 is 29.3 Å². The maximum atomic E-state index is 12.9. The Hall–Kier alpha value is -2.50. The van der Waals surface area contributed by atoms with Gasteiger partial charge in [0.25, 0.3) is 0 Å². The fourth-order valence-corrected chi connectivity index (χ4v) is 3.86. The summed E-state index contributed by atoms with van der Waals surface area (Å²) < 4.78 is 18.7. The standard InChI is InChI=1S/C24H23ClFNO2S/c1-2-23(30-22-13-7-19(25)8-14-22)24(28)27-15-17-5-11-21(12-6-17)29-16-18-3-9-20(26)10-4-18/h3-14,23H,2,15-16H2,1H3,(H,27,28)/t23-/m1/s1. The van der Waals surface area contributed by atoms with E-state index in [-0.39, 0.29) is 17.0 Å². The van der Waals surface area contributed by atoms with Gasteiger partial charge in [-0.25, -0.2) is 4.39 Å². The molecule has 0 radical (unpaired) electrons. The third-order valence-corrected chi connectivity index (χ3v) is 6.09. The Morgan fingerprint density at radius 1 is 1.00 bits per heavy atom. The van der Waals surface area contributed by atoms with Crippen molar-refractivity contribution in [3.05, 3.63) is 94.8 Å². The number of ether oxygens (including phenoxy) is 1. The molecule has 3 nitrogen and oxygen atoms in total. The molecule has 0 unspecified atom stereocenters. The molecule has 1 amide bonds. The van der Waals surface area contributed by atoms with E-state index in [0.29, 0.717) is 18.2 Å². The van der Waals surface area contributed by atoms with E-state index in [0.717, 1.165) is 28.2 Å². The highest BCUT2D eigenvalue weighted by Gasteiger charge is 2.17. The summed E-state index contributed by atoms with van der Waals surface area (Å²) in [6.07, 6.45) is 0.731. The number of hydrogen-bond donors (Lipinski definition) is 1. The zero-order valence-electron chi connectivity index (χ0n) is 16.6. The van der Waals surface area contributed by atoms with Gasteiger partial charge in [0, 0.05) is 16.5 Å². The van der Waals surface area contributed by atoms with E-state index in [1.54, 1.807) is 12.1 Å². The molecule has 0 saturated carbocycles. The normalized spacial score (nSPS) is 11.7. The molecule has 0 fully saturated rings. The molecule has 0 aliphatic rings. The van der Waals surface area contributed by atoms with Gasteiger partial charge < -0.3 is 10.1 Å². The first-order valence-electron chi connectivity index (χ1n) is 9.69. The molecule has 30 heavy (non-hydrogen) atoms. The Morgan fingerprint density at radius 3 is 2.27 bits per heavy atom. The van der Waals surface area contributed by atoms with Gasteiger partial charge in [-0.3, -0.25) is 4.79 Å². The summed E-state index contributed by atoms with van der Waals surface area (Å²) in [5.41, 5.74) is 1.89. The van der Waals surface area contributed by atoms with Crippen LogP contribution < -0.4 is 10.1 Å². The lowest BCUT2D eigenvalue weighted by atomic mass is 10.2. The second-order valence-electron chi connectivity index (χ2n) is 6.75. The summed E-state index contributed by atoms with van der Waals surface area (Å²) in [6.45, 7) is 2.83. The number of hydrogen-bond acceptors (Lipinski definition) is 3. The summed E-state index contributed by atoms with van der Waals surface area (Å²) >= 11 is 7.45. The maximum Gasteiger partial charge on any atom is 0.233 e. The minimum absolute atomic E-state index is 0.00841. The van der Waals surface area contributed by atoms with Crippen LogP contribution in [0.4, 0.5) is 4.39 Å². The van der Waals surface area contributed by atoms with Gasteiger partial charge >= 0.3 is 0 Å². The lowest BCUT2D eigenvalue weighted by Crippen LogP contribution is -2.31. The van der Waals surface area contributed by atoms with Crippen molar-refractivity contribution in [2.75, 3.05) is 0 Å². The highest BCUT2D eigenvalue weighted by Crippen LogP contribution is 2.27. The van der Waals surface area contributed by atoms with Crippen LogP contribution in [0, 0.1) is 5.82 Å². The predicted octanol–water partition coefficient (Wildman–Crippen LogP) is 6.25. The van der Waals surface area contributed by atoms with Crippen LogP contribution in [0.3, 0.4) is 0 Å². The number of amides is 1. The lowest BCUT2D eigenvalue weighted by Gasteiger charge is -2.15. The number of halogens is 2. The van der Waals surface area contributed by atoms with Crippen LogP contribution in [0.2, 0.25) is 5.02 Å². The van der Waals surface area contributed by atoms with E-state index >= 15 is 0 Å². The topological polar surface area (TPSA) is 38.3 Å². The average Bonchev–Trinajstić information content (AvgIpc) is 2.77. The number of benzene rings is 3. The summed E-state index contributed by atoms with van der Waals surface area (Å²) in [4.78, 5) is 13.6. The minimum atomic E-state index is -0.262. The van der Waals surface area contributed by atoms with Crippen LogP contribution >= 0.6 is 23.4 Å². The first kappa shape index (κ1) is 22.2. The van der Waals surface area contributed by atoms with Crippen molar-refractivity contribution in [2.24, 2.45) is 0 Å². The second kappa shape index (κ2) is 11.0. The largest absolute Gasteiger partial charge is 0.489 e. The highest BCUT2D eigenvalue weighted by molar-refractivity contribution is 8.00. The molecule has 156 valence electrons. The first-order chi connectivity index (χ1) is 14.5. The van der Waals surface area contributed by atoms with E-state index in [9.17, 15) is 9.18 Å². The molecule has 3 aromatic rings. The molecule has 3 aromatic carbocycles. The molecule has 6 heteroatoms. The molecule has 0 aliphatic heterocycles. The number of nitrogens with one attached hydrogen (secondary N) is 1. The summed E-state index contributed by atoms with van der Waals surface area (Å²) in [6, 6.07) is 21.3. The molecule has 0 aromatic heterocycles. The van der Waals surface area contributed by atoms with Crippen molar-refractivity contribution in [3.8, 4) is 5.75 Å². The molecule has 3 rings (SSSR count). The predicted molar refractivity (Wildman–Crippen MR) is 120 cm³/mol. The molecular formula is C24H23ClFNO2S. The molecule has 1 atom stereocenters. The fraction of sp³-hybridized carbons (Fsp3) is 0.208. The van der Waals surface area contributed by atoms with Crippen molar-refractivity contribution in [3.63, 3.8) is 0 Å². The Balaban J connectivity index is 1.47. The van der Waals surface area contributed by atoms with E-state index < -0.39 is 0 Å². The van der Waals surface area contributed by atoms with Gasteiger partial charge in [-0.1, -0.05) is 42.8 Å². The Morgan fingerprint density at radius 2 is 1.63 bits per heavy atom. The summed E-state index contributed by atoms with van der Waals surface area (Å²) in [5.74, 6) is 0.468. The zero-order chi connectivity index (χ0) is 21.3. The van der Waals surface area contributed by atoms with Gasteiger partial charge in [0.2, 0.25) is 5.91 Å². The van der Waals surface area contributed by atoms with Gasteiger partial charge in [0.1, 0.15) is 18.2 Å². The fourth-order valence-electron chi connectivity index (χ4n) is 2.75. The van der Waals surface area contributed by atoms with Crippen LogP contribution in [0.1, 0.15) is 24.5 Å². The summed E-state index contributed by atoms with van der Waals surface area (Å²) in [5, 5.41) is 3.52. The highest BCUT2D eigenvalue weighted by atomic mass is 35.5. The SMILES string of the molecule is CC[C@@H](Sc1ccc(Cl)cc1)C(=O)NCc1ccc(OCc2ccc(F)cc2)cc1. The van der Waals surface area contributed by atoms with Crippen molar-refractivity contribution in [2.45, 2.75) is 36.6 Å². The molecule has 0 aliphatic carbocycles. The minimum Gasteiger partial charge on any atom is -0.489 e. The molecule has 0 saturated heterocycles. The Bertz CT molecular complexity index is 946. The molecule has 1 N–H and O–H groups in total. The van der Waals surface area contributed by atoms with Gasteiger partial charge in [-0.2, -0.15) is 0 Å². The van der Waals surface area contributed by atoms with Gasteiger partial charge in [0.15, 0.2) is 0 Å². The molecule has 0 spiro atoms. The number of thioether (sulfide) groups is 1. The number of rotatable bonds is 9. The van der Waals surface area contributed by atoms with Gasteiger partial charge in [0.05, 0.1) is 5.25 Å². The molecule has 0 bridgehead atoms. The van der Waals surface area contributed by atoms with Crippen LogP contribution in [0.15, 0.2) is 77.7 Å². The van der Waals surface area contributed by atoms with Crippen LogP contribution in [0.25, 0.3) is 0 Å². The third kappa shape index (κ3) is 6.78. The quantitative estimate of drug-likeness (QED) is 0.397. The molecular weight excluding hydrogens is 421 g/mol. The maximum absolute atomic E-state index is 12.9. The Kier molecular flexibility index (Phi) is 8.17. The van der Waals surface area contributed by atoms with Crippen LogP contribution in [0.5, 0.6) is 5.75 Å². The molecule has 0 heterocycles. The average molecular weight is 444 g/mol. The smallest absolute Gasteiger partial charge is 0.233 e. The first-order valence-corrected chi connectivity index (χ1v) is 11.0. The van der Waals surface area contributed by atoms with Gasteiger partial charge in [-0.15, -0.1) is 11.8 Å². The van der Waals surface area contributed by atoms with E-state index in [2.05, 4.69) is 5.32 Å². The van der Waals surface area contributed by atoms with Crippen molar-refractivity contribution in [1.82, 2.24) is 5.32 Å². The number of carbonyl (C=O) groups is 1. The van der Waals surface area contributed by atoms with Gasteiger partial charge in [-0.05, 0) is 66.1 Å². The summed E-state index contributed by atoms with van der Waals surface area (Å²) in [7, 11) is 0. The third-order valence-electron chi connectivity index (χ3n) is 4.46.